The molecular weight excluding hydrogens is 377 g/mol. The standard InChI is InChI=1S/C21H32FNO4Si/c1-14-20(26-2)16-13-15(23-11-6-5-7-19(23)25)8-9-17(16)27-21(14)18(10-12-24)28(3,4)22/h8-9,13-14,18,20-21,24H,5-7,10-12H2,1-4H3/t14-,18?,20-,21-/m1/s1. The molecule has 2 aliphatic rings. The maximum atomic E-state index is 15.0. The first-order chi connectivity index (χ1) is 13.3. The molecule has 1 aromatic rings. The first kappa shape index (κ1) is 21.3. The SMILES string of the molecule is CO[C@H]1c2cc(N3CCCCC3=O)ccc2O[C@@H](C(CCO)[Si](C)(C)F)[C@@H]1C. The summed E-state index contributed by atoms with van der Waals surface area (Å²) in [6.07, 6.45) is 2.32. The number of anilines is 1. The summed E-state index contributed by atoms with van der Waals surface area (Å²) < 4.78 is 27.1. The Morgan fingerprint density at radius 1 is 1.39 bits per heavy atom. The molecule has 1 amide bonds. The van der Waals surface area contributed by atoms with Gasteiger partial charge in [0.2, 0.25) is 14.3 Å². The molecule has 4 atom stereocenters. The number of halogens is 1. The molecule has 3 rings (SSSR count). The van der Waals surface area contributed by atoms with Crippen LogP contribution < -0.4 is 9.64 Å². The van der Waals surface area contributed by atoms with Crippen molar-refractivity contribution in [3.8, 4) is 5.75 Å². The molecule has 1 N–H and O–H groups in total. The van der Waals surface area contributed by atoms with E-state index >= 15 is 4.11 Å². The zero-order valence-corrected chi connectivity index (χ0v) is 18.3. The van der Waals surface area contributed by atoms with E-state index in [1.807, 2.05) is 30.0 Å². The van der Waals surface area contributed by atoms with Gasteiger partial charge in [0.25, 0.3) is 0 Å². The van der Waals surface area contributed by atoms with Crippen LogP contribution >= 0.6 is 0 Å². The average Bonchev–Trinajstić information content (AvgIpc) is 2.65. The van der Waals surface area contributed by atoms with E-state index in [1.54, 1.807) is 20.2 Å². The normalized spacial score (nSPS) is 26.6. The Morgan fingerprint density at radius 2 is 2.14 bits per heavy atom. The van der Waals surface area contributed by atoms with Crippen molar-refractivity contribution < 1.29 is 23.5 Å². The van der Waals surface area contributed by atoms with Crippen LogP contribution in [0.15, 0.2) is 18.2 Å². The summed E-state index contributed by atoms with van der Waals surface area (Å²) >= 11 is 0. The van der Waals surface area contributed by atoms with E-state index in [9.17, 15) is 9.90 Å². The fourth-order valence-electron chi connectivity index (χ4n) is 4.65. The smallest absolute Gasteiger partial charge is 0.247 e. The van der Waals surface area contributed by atoms with Gasteiger partial charge in [-0.2, -0.15) is 0 Å². The number of carbonyl (C=O) groups is 1. The minimum Gasteiger partial charge on any atom is -0.490 e. The molecule has 1 unspecified atom stereocenters. The number of hydrogen-bond acceptors (Lipinski definition) is 4. The largest absolute Gasteiger partial charge is 0.490 e. The van der Waals surface area contributed by atoms with Gasteiger partial charge in [-0.15, -0.1) is 0 Å². The molecule has 2 heterocycles. The van der Waals surface area contributed by atoms with Crippen LogP contribution in [0.2, 0.25) is 18.6 Å². The second-order valence-electron chi connectivity index (χ2n) is 8.51. The van der Waals surface area contributed by atoms with Crippen LogP contribution in [0.25, 0.3) is 0 Å². The fraction of sp³-hybridized carbons (Fsp3) is 0.667. The summed E-state index contributed by atoms with van der Waals surface area (Å²) in [5, 5.41) is 9.47. The third-order valence-electron chi connectivity index (χ3n) is 6.17. The number of rotatable bonds is 6. The molecule has 0 spiro atoms. The number of carbonyl (C=O) groups excluding carboxylic acids is 1. The topological polar surface area (TPSA) is 59.0 Å². The molecular formula is C21H32FNO4Si. The highest BCUT2D eigenvalue weighted by Gasteiger charge is 2.47. The van der Waals surface area contributed by atoms with E-state index in [2.05, 4.69) is 0 Å². The van der Waals surface area contributed by atoms with Crippen molar-refractivity contribution in [2.24, 2.45) is 5.92 Å². The zero-order valence-electron chi connectivity index (χ0n) is 17.3. The summed E-state index contributed by atoms with van der Waals surface area (Å²) in [5.41, 5.74) is 1.46. The maximum Gasteiger partial charge on any atom is 0.247 e. The lowest BCUT2D eigenvalue weighted by Gasteiger charge is -2.43. The summed E-state index contributed by atoms with van der Waals surface area (Å²) in [4.78, 5) is 14.1. The van der Waals surface area contributed by atoms with Gasteiger partial charge in [0, 0.05) is 49.4 Å². The number of aliphatic hydroxyl groups excluding tert-OH is 1. The summed E-state index contributed by atoms with van der Waals surface area (Å²) in [7, 11) is -1.38. The van der Waals surface area contributed by atoms with Crippen molar-refractivity contribution in [2.75, 3.05) is 25.2 Å². The van der Waals surface area contributed by atoms with E-state index in [4.69, 9.17) is 9.47 Å². The highest BCUT2D eigenvalue weighted by Crippen LogP contribution is 2.48. The number of benzene rings is 1. The molecule has 2 aliphatic heterocycles. The molecule has 0 aliphatic carbocycles. The molecule has 5 nitrogen and oxygen atoms in total. The van der Waals surface area contributed by atoms with Crippen LogP contribution in [0.3, 0.4) is 0 Å². The number of ether oxygens (including phenoxy) is 2. The highest BCUT2D eigenvalue weighted by molar-refractivity contribution is 6.72. The molecule has 0 radical (unpaired) electrons. The minimum atomic E-state index is -3.04. The fourth-order valence-corrected chi connectivity index (χ4v) is 6.62. The van der Waals surface area contributed by atoms with Gasteiger partial charge in [-0.1, -0.05) is 6.92 Å². The Kier molecular flexibility index (Phi) is 6.46. The molecule has 1 aromatic carbocycles. The Hall–Kier alpha value is -1.44. The van der Waals surface area contributed by atoms with Crippen molar-refractivity contribution in [2.45, 2.75) is 63.5 Å². The quantitative estimate of drug-likeness (QED) is 0.565. The highest BCUT2D eigenvalue weighted by atomic mass is 28.4. The van der Waals surface area contributed by atoms with Gasteiger partial charge in [-0.05, 0) is 50.6 Å². The summed E-state index contributed by atoms with van der Waals surface area (Å²) in [5.74, 6) is 0.768. The van der Waals surface area contributed by atoms with Crippen molar-refractivity contribution in [3.63, 3.8) is 0 Å². The number of piperidine rings is 1. The summed E-state index contributed by atoms with van der Waals surface area (Å²) in [6, 6.07) is 5.76. The van der Waals surface area contributed by atoms with Crippen molar-refractivity contribution in [1.29, 1.82) is 0 Å². The first-order valence-electron chi connectivity index (χ1n) is 10.2. The van der Waals surface area contributed by atoms with Gasteiger partial charge >= 0.3 is 0 Å². The molecule has 1 fully saturated rings. The van der Waals surface area contributed by atoms with E-state index in [0.717, 1.165) is 30.6 Å². The Bertz CT molecular complexity index is 708. The molecule has 1 saturated heterocycles. The van der Waals surface area contributed by atoms with Gasteiger partial charge in [0.05, 0.1) is 6.10 Å². The molecule has 0 bridgehead atoms. The van der Waals surface area contributed by atoms with Crippen LogP contribution in [-0.2, 0) is 9.53 Å². The van der Waals surface area contributed by atoms with Gasteiger partial charge in [0.15, 0.2) is 0 Å². The predicted molar refractivity (Wildman–Crippen MR) is 110 cm³/mol. The van der Waals surface area contributed by atoms with E-state index in [1.165, 1.54) is 0 Å². The second-order valence-corrected chi connectivity index (χ2v) is 12.4. The van der Waals surface area contributed by atoms with Gasteiger partial charge in [-0.3, -0.25) is 4.79 Å². The maximum absolute atomic E-state index is 15.0. The predicted octanol–water partition coefficient (Wildman–Crippen LogP) is 4.22. The minimum absolute atomic E-state index is 0.0574. The number of fused-ring (bicyclic) bond motifs is 1. The third-order valence-corrected chi connectivity index (χ3v) is 8.55. The lowest BCUT2D eigenvalue weighted by molar-refractivity contribution is -0.119. The second kappa shape index (κ2) is 8.51. The lowest BCUT2D eigenvalue weighted by atomic mass is 9.86. The van der Waals surface area contributed by atoms with Crippen molar-refractivity contribution >= 4 is 20.0 Å². The molecule has 7 heteroatoms. The van der Waals surface area contributed by atoms with Crippen molar-refractivity contribution in [3.05, 3.63) is 23.8 Å². The van der Waals surface area contributed by atoms with Gasteiger partial charge < -0.3 is 23.6 Å². The Balaban J connectivity index is 1.95. The molecule has 28 heavy (non-hydrogen) atoms. The molecule has 0 aromatic heterocycles. The van der Waals surface area contributed by atoms with Crippen molar-refractivity contribution in [1.82, 2.24) is 0 Å². The van der Waals surface area contributed by atoms with Crippen LogP contribution in [0.5, 0.6) is 5.75 Å². The monoisotopic (exact) mass is 409 g/mol. The van der Waals surface area contributed by atoms with Gasteiger partial charge in [0.1, 0.15) is 11.9 Å². The Labute approximate surface area is 168 Å². The summed E-state index contributed by atoms with van der Waals surface area (Å²) in [6.45, 7) is 6.04. The van der Waals surface area contributed by atoms with Crippen LogP contribution in [0.1, 0.15) is 44.3 Å². The van der Waals surface area contributed by atoms with Crippen LogP contribution in [-0.4, -0.2) is 45.8 Å². The van der Waals surface area contributed by atoms with E-state index < -0.39 is 8.41 Å². The third kappa shape index (κ3) is 4.11. The zero-order chi connectivity index (χ0) is 20.5. The molecule has 156 valence electrons. The average molecular weight is 410 g/mol. The number of nitrogens with zero attached hydrogens (tertiary/aromatic N) is 1. The van der Waals surface area contributed by atoms with Crippen LogP contribution in [0, 0.1) is 5.92 Å². The first-order valence-corrected chi connectivity index (χ1v) is 13.2. The number of aliphatic hydroxyl groups is 1. The van der Waals surface area contributed by atoms with E-state index in [-0.39, 0.29) is 36.2 Å². The van der Waals surface area contributed by atoms with E-state index in [0.29, 0.717) is 18.6 Å². The number of amides is 1. The number of hydrogen-bond donors (Lipinski definition) is 1. The van der Waals surface area contributed by atoms with Crippen LogP contribution in [0.4, 0.5) is 9.80 Å². The molecule has 0 saturated carbocycles. The number of methoxy groups -OCH3 is 1. The Morgan fingerprint density at radius 3 is 2.75 bits per heavy atom. The lowest BCUT2D eigenvalue weighted by Crippen LogP contribution is -2.46. The van der Waals surface area contributed by atoms with Gasteiger partial charge in [-0.25, -0.2) is 0 Å².